The first-order valence-corrected chi connectivity index (χ1v) is 9.29. The van der Waals surface area contributed by atoms with Gasteiger partial charge in [-0.1, -0.05) is 6.07 Å². The van der Waals surface area contributed by atoms with Crippen molar-refractivity contribution in [3.05, 3.63) is 56.5 Å². The summed E-state index contributed by atoms with van der Waals surface area (Å²) in [5.74, 6) is -1.07. The summed E-state index contributed by atoms with van der Waals surface area (Å²) < 4.78 is 12.0. The van der Waals surface area contributed by atoms with E-state index in [1.807, 2.05) is 18.2 Å². The fourth-order valence-corrected chi connectivity index (χ4v) is 2.97. The lowest BCUT2D eigenvalue weighted by atomic mass is 10.1. The van der Waals surface area contributed by atoms with Gasteiger partial charge in [0.15, 0.2) is 11.5 Å². The number of allylic oxidation sites excluding steroid dienone is 1. The van der Waals surface area contributed by atoms with E-state index in [1.54, 1.807) is 6.92 Å². The Hall–Kier alpha value is -2.32. The van der Waals surface area contributed by atoms with Crippen LogP contribution in [0.1, 0.15) is 22.8 Å². The summed E-state index contributed by atoms with van der Waals surface area (Å²) in [4.78, 5) is 23.9. The maximum absolute atomic E-state index is 12.4. The topological polar surface area (TPSA) is 84.9 Å². The van der Waals surface area contributed by atoms with Gasteiger partial charge in [0, 0.05) is 27.2 Å². The molecule has 27 heavy (non-hydrogen) atoms. The number of carboxylic acid groups (broad SMARTS) is 1. The van der Waals surface area contributed by atoms with Gasteiger partial charge in [0.1, 0.15) is 0 Å². The van der Waals surface area contributed by atoms with Crippen LogP contribution >= 0.6 is 31.9 Å². The summed E-state index contributed by atoms with van der Waals surface area (Å²) in [5, 5.41) is 12.0. The number of rotatable bonds is 6. The number of hydrogen-bond acceptors (Lipinski definition) is 4. The van der Waals surface area contributed by atoms with Gasteiger partial charge in [-0.2, -0.15) is 0 Å². The van der Waals surface area contributed by atoms with Gasteiger partial charge in [-0.15, -0.1) is 0 Å². The summed E-state index contributed by atoms with van der Waals surface area (Å²) in [7, 11) is 2.84. The molecule has 2 rings (SSSR count). The Morgan fingerprint density at radius 1 is 1.04 bits per heavy atom. The first-order chi connectivity index (χ1) is 12.8. The van der Waals surface area contributed by atoms with Crippen molar-refractivity contribution in [1.29, 1.82) is 0 Å². The quantitative estimate of drug-likeness (QED) is 0.549. The molecule has 0 saturated carbocycles. The molecule has 142 valence electrons. The van der Waals surface area contributed by atoms with E-state index in [0.29, 0.717) is 5.75 Å². The molecule has 6 nitrogen and oxygen atoms in total. The van der Waals surface area contributed by atoms with Crippen LogP contribution in [0.4, 0.5) is 5.69 Å². The molecule has 0 saturated heterocycles. The predicted octanol–water partition coefficient (Wildman–Crippen LogP) is 4.97. The highest BCUT2D eigenvalue weighted by Gasteiger charge is 2.17. The second-order valence-electron chi connectivity index (χ2n) is 5.50. The molecule has 0 aliphatic rings. The molecule has 0 fully saturated rings. The van der Waals surface area contributed by atoms with E-state index >= 15 is 0 Å². The van der Waals surface area contributed by atoms with Crippen molar-refractivity contribution in [2.24, 2.45) is 0 Å². The van der Waals surface area contributed by atoms with E-state index in [9.17, 15) is 14.7 Å². The molecular weight excluding hydrogens is 482 g/mol. The van der Waals surface area contributed by atoms with Crippen molar-refractivity contribution >= 4 is 55.0 Å². The van der Waals surface area contributed by atoms with Crippen LogP contribution in [-0.2, 0) is 4.79 Å². The minimum absolute atomic E-state index is 0.0987. The molecule has 0 unspecified atom stereocenters. The summed E-state index contributed by atoms with van der Waals surface area (Å²) in [6.45, 7) is 1.79. The molecule has 2 N–H and O–H groups in total. The summed E-state index contributed by atoms with van der Waals surface area (Å²) >= 11 is 6.82. The monoisotopic (exact) mass is 497 g/mol. The molecule has 0 spiro atoms. The van der Waals surface area contributed by atoms with Crippen LogP contribution in [0, 0.1) is 0 Å². The van der Waals surface area contributed by atoms with Gasteiger partial charge in [-0.3, -0.25) is 4.79 Å². The minimum atomic E-state index is -1.19. The normalized spacial score (nSPS) is 11.1. The third-order valence-corrected chi connectivity index (χ3v) is 5.61. The smallest absolute Gasteiger partial charge is 0.337 e. The number of carboxylic acids is 1. The Balaban J connectivity index is 2.33. The van der Waals surface area contributed by atoms with Crippen LogP contribution in [0.15, 0.2) is 45.4 Å². The molecule has 0 radical (unpaired) electrons. The van der Waals surface area contributed by atoms with Gasteiger partial charge in [-0.25, -0.2) is 4.79 Å². The zero-order valence-corrected chi connectivity index (χ0v) is 18.0. The van der Waals surface area contributed by atoms with Gasteiger partial charge in [0.05, 0.1) is 25.5 Å². The van der Waals surface area contributed by atoms with Crippen molar-refractivity contribution in [3.63, 3.8) is 0 Å². The molecular formula is C19H17Br2NO5. The molecule has 0 bridgehead atoms. The highest BCUT2D eigenvalue weighted by molar-refractivity contribution is 9.13. The van der Waals surface area contributed by atoms with Gasteiger partial charge in [0.25, 0.3) is 0 Å². The first-order valence-electron chi connectivity index (χ1n) is 7.70. The van der Waals surface area contributed by atoms with Crippen molar-refractivity contribution < 1.29 is 24.2 Å². The van der Waals surface area contributed by atoms with E-state index < -0.39 is 11.9 Å². The van der Waals surface area contributed by atoms with Crippen LogP contribution in [0.25, 0.3) is 5.57 Å². The van der Waals surface area contributed by atoms with Gasteiger partial charge in [-0.05, 0) is 62.1 Å². The number of methoxy groups -OCH3 is 2. The third kappa shape index (κ3) is 5.11. The van der Waals surface area contributed by atoms with Crippen LogP contribution in [0.2, 0.25) is 0 Å². The van der Waals surface area contributed by atoms with Gasteiger partial charge < -0.3 is 19.9 Å². The Bertz CT molecular complexity index is 925. The van der Waals surface area contributed by atoms with Crippen molar-refractivity contribution in [1.82, 2.24) is 0 Å². The van der Waals surface area contributed by atoms with Crippen LogP contribution in [0.3, 0.4) is 0 Å². The maximum Gasteiger partial charge on any atom is 0.337 e. The van der Waals surface area contributed by atoms with Crippen molar-refractivity contribution in [3.8, 4) is 11.5 Å². The molecule has 0 aliphatic heterocycles. The number of anilines is 1. The number of amides is 1. The molecule has 8 heteroatoms. The van der Waals surface area contributed by atoms with E-state index in [-0.39, 0.29) is 17.0 Å². The first kappa shape index (κ1) is 21.0. The Kier molecular flexibility index (Phi) is 7.04. The number of ether oxygens (including phenoxy) is 2. The fourth-order valence-electron chi connectivity index (χ4n) is 2.35. The second kappa shape index (κ2) is 9.05. The molecule has 1 amide bonds. The minimum Gasteiger partial charge on any atom is -0.493 e. The average molecular weight is 499 g/mol. The third-order valence-electron chi connectivity index (χ3n) is 3.73. The molecule has 0 atom stereocenters. The SMILES string of the molecule is COc1cc(NC(=O)/C=C(/C)c2ccc(Br)c(Br)c2)c(C(=O)O)cc1OC. The molecule has 2 aromatic carbocycles. The zero-order valence-electron chi connectivity index (χ0n) is 14.8. The van der Waals surface area contributed by atoms with E-state index in [1.165, 1.54) is 32.4 Å². The van der Waals surface area contributed by atoms with Gasteiger partial charge in [0.2, 0.25) is 5.91 Å². The van der Waals surface area contributed by atoms with E-state index in [4.69, 9.17) is 9.47 Å². The largest absolute Gasteiger partial charge is 0.493 e. The highest BCUT2D eigenvalue weighted by atomic mass is 79.9. The lowest BCUT2D eigenvalue weighted by molar-refractivity contribution is -0.111. The molecule has 0 aromatic heterocycles. The van der Waals surface area contributed by atoms with Crippen LogP contribution in [-0.4, -0.2) is 31.2 Å². The summed E-state index contributed by atoms with van der Waals surface area (Å²) in [5.41, 5.74) is 1.59. The standard InChI is InChI=1S/C19H17Br2NO5/c1-10(11-4-5-13(20)14(21)7-11)6-18(23)22-15-9-17(27-3)16(26-2)8-12(15)19(24)25/h4-9H,1-3H3,(H,22,23)(H,24,25)/b10-6-. The number of benzene rings is 2. The number of nitrogens with one attached hydrogen (secondary N) is 1. The average Bonchev–Trinajstić information content (AvgIpc) is 2.63. The number of carbonyl (C=O) groups excluding carboxylic acids is 1. The number of hydrogen-bond donors (Lipinski definition) is 2. The van der Waals surface area contributed by atoms with Crippen LogP contribution < -0.4 is 14.8 Å². The fraction of sp³-hybridized carbons (Fsp3) is 0.158. The predicted molar refractivity (Wildman–Crippen MR) is 111 cm³/mol. The summed E-state index contributed by atoms with van der Waals surface area (Å²) in [6, 6.07) is 8.33. The molecule has 0 heterocycles. The highest BCUT2D eigenvalue weighted by Crippen LogP contribution is 2.33. The molecule has 0 aliphatic carbocycles. The Morgan fingerprint density at radius 2 is 1.67 bits per heavy atom. The van der Waals surface area contributed by atoms with Gasteiger partial charge >= 0.3 is 5.97 Å². The van der Waals surface area contributed by atoms with E-state index in [2.05, 4.69) is 37.2 Å². The number of halogens is 2. The summed E-state index contributed by atoms with van der Waals surface area (Å²) in [6.07, 6.45) is 1.40. The Labute approximate surface area is 173 Å². The number of carbonyl (C=O) groups is 2. The van der Waals surface area contributed by atoms with Crippen molar-refractivity contribution in [2.45, 2.75) is 6.92 Å². The zero-order chi connectivity index (χ0) is 20.1. The van der Waals surface area contributed by atoms with Crippen molar-refractivity contribution in [2.75, 3.05) is 19.5 Å². The van der Waals surface area contributed by atoms with E-state index in [0.717, 1.165) is 20.1 Å². The lowest BCUT2D eigenvalue weighted by Gasteiger charge is -2.13. The Morgan fingerprint density at radius 3 is 2.22 bits per heavy atom. The van der Waals surface area contributed by atoms with Crippen LogP contribution in [0.5, 0.6) is 11.5 Å². The number of aromatic carboxylic acids is 1. The molecule has 2 aromatic rings. The lowest BCUT2D eigenvalue weighted by Crippen LogP contribution is -2.13. The second-order valence-corrected chi connectivity index (χ2v) is 7.21. The maximum atomic E-state index is 12.4.